The third-order valence-electron chi connectivity index (χ3n) is 2.24. The second-order valence-electron chi connectivity index (χ2n) is 4.56. The first-order valence-electron chi connectivity index (χ1n) is 6.02. The fourth-order valence-corrected chi connectivity index (χ4v) is 1.44. The van der Waals surface area contributed by atoms with Crippen LogP contribution in [0, 0.1) is 12.8 Å². The summed E-state index contributed by atoms with van der Waals surface area (Å²) < 4.78 is 5.10. The Bertz CT molecular complexity index is 284. The molecule has 1 rings (SSSR count). The van der Waals surface area contributed by atoms with E-state index in [9.17, 15) is 0 Å². The minimum absolute atomic E-state index is 0.727. The predicted molar refractivity (Wildman–Crippen MR) is 65.3 cm³/mol. The van der Waals surface area contributed by atoms with Gasteiger partial charge in [0.2, 0.25) is 0 Å². The Labute approximate surface area is 97.8 Å². The van der Waals surface area contributed by atoms with Crippen molar-refractivity contribution in [3.63, 3.8) is 0 Å². The Morgan fingerprint density at radius 1 is 1.31 bits per heavy atom. The molecule has 4 nitrogen and oxygen atoms in total. The molecule has 0 amide bonds. The first kappa shape index (κ1) is 13.2. The van der Waals surface area contributed by atoms with Crippen molar-refractivity contribution >= 4 is 0 Å². The maximum Gasteiger partial charge on any atom is 0.150 e. The standard InChI is InChI=1S/C12H23N3O/c1-10(2)8-13-5-4-6-14-9-12-7-11(3)15-16-12/h7,10,13-14H,4-6,8-9H2,1-3H3. The van der Waals surface area contributed by atoms with Gasteiger partial charge in [-0.1, -0.05) is 19.0 Å². The van der Waals surface area contributed by atoms with Gasteiger partial charge < -0.3 is 15.2 Å². The summed E-state index contributed by atoms with van der Waals surface area (Å²) in [4.78, 5) is 0. The van der Waals surface area contributed by atoms with Crippen molar-refractivity contribution in [1.29, 1.82) is 0 Å². The van der Waals surface area contributed by atoms with Crippen LogP contribution in [0.2, 0.25) is 0 Å². The number of nitrogens with one attached hydrogen (secondary N) is 2. The van der Waals surface area contributed by atoms with Gasteiger partial charge in [0.1, 0.15) is 0 Å². The highest BCUT2D eigenvalue weighted by molar-refractivity contribution is 5.02. The number of rotatable bonds is 8. The molecule has 0 aliphatic rings. The molecule has 0 fully saturated rings. The van der Waals surface area contributed by atoms with Crippen LogP contribution in [0.15, 0.2) is 10.6 Å². The molecule has 16 heavy (non-hydrogen) atoms. The second-order valence-corrected chi connectivity index (χ2v) is 4.56. The van der Waals surface area contributed by atoms with Crippen molar-refractivity contribution < 1.29 is 4.52 Å². The summed E-state index contributed by atoms with van der Waals surface area (Å²) in [5.41, 5.74) is 0.940. The zero-order valence-electron chi connectivity index (χ0n) is 10.5. The first-order chi connectivity index (χ1) is 7.68. The van der Waals surface area contributed by atoms with Gasteiger partial charge >= 0.3 is 0 Å². The molecule has 0 saturated heterocycles. The van der Waals surface area contributed by atoms with E-state index in [2.05, 4.69) is 29.6 Å². The molecule has 0 radical (unpaired) electrons. The van der Waals surface area contributed by atoms with Gasteiger partial charge in [0, 0.05) is 6.07 Å². The smallest absolute Gasteiger partial charge is 0.150 e. The monoisotopic (exact) mass is 225 g/mol. The van der Waals surface area contributed by atoms with E-state index < -0.39 is 0 Å². The summed E-state index contributed by atoms with van der Waals surface area (Å²) in [5, 5.41) is 10.6. The van der Waals surface area contributed by atoms with Crippen LogP contribution < -0.4 is 10.6 Å². The average Bonchev–Trinajstić information content (AvgIpc) is 2.62. The van der Waals surface area contributed by atoms with E-state index in [1.165, 1.54) is 0 Å². The lowest BCUT2D eigenvalue weighted by atomic mass is 10.2. The van der Waals surface area contributed by atoms with E-state index in [1.807, 2.05) is 13.0 Å². The van der Waals surface area contributed by atoms with Gasteiger partial charge in [0.05, 0.1) is 12.2 Å². The van der Waals surface area contributed by atoms with E-state index in [0.717, 1.165) is 50.0 Å². The van der Waals surface area contributed by atoms with Crippen LogP contribution in [0.3, 0.4) is 0 Å². The molecule has 1 aromatic rings. The summed E-state index contributed by atoms with van der Waals surface area (Å²) >= 11 is 0. The van der Waals surface area contributed by atoms with Gasteiger partial charge in [0.25, 0.3) is 0 Å². The molecule has 1 heterocycles. The van der Waals surface area contributed by atoms with Crippen molar-refractivity contribution in [2.75, 3.05) is 19.6 Å². The van der Waals surface area contributed by atoms with Crippen LogP contribution in [0.1, 0.15) is 31.7 Å². The molecule has 0 spiro atoms. The summed E-state index contributed by atoms with van der Waals surface area (Å²) in [7, 11) is 0. The topological polar surface area (TPSA) is 50.1 Å². The number of hydrogen-bond donors (Lipinski definition) is 2. The summed E-state index contributed by atoms with van der Waals surface area (Å²) in [5.74, 6) is 1.64. The summed E-state index contributed by atoms with van der Waals surface area (Å²) in [6.45, 7) is 10.3. The van der Waals surface area contributed by atoms with Gasteiger partial charge in [-0.2, -0.15) is 0 Å². The highest BCUT2D eigenvalue weighted by Gasteiger charge is 1.99. The van der Waals surface area contributed by atoms with Crippen LogP contribution in [0.25, 0.3) is 0 Å². The molecule has 0 aliphatic carbocycles. The summed E-state index contributed by atoms with van der Waals surface area (Å²) in [6.07, 6.45) is 1.14. The highest BCUT2D eigenvalue weighted by atomic mass is 16.5. The molecular weight excluding hydrogens is 202 g/mol. The minimum atomic E-state index is 0.727. The van der Waals surface area contributed by atoms with Crippen molar-refractivity contribution in [2.45, 2.75) is 33.7 Å². The van der Waals surface area contributed by atoms with E-state index in [1.54, 1.807) is 0 Å². The molecule has 92 valence electrons. The van der Waals surface area contributed by atoms with Gasteiger partial charge in [-0.15, -0.1) is 0 Å². The van der Waals surface area contributed by atoms with E-state index in [0.29, 0.717) is 0 Å². The Morgan fingerprint density at radius 2 is 2.06 bits per heavy atom. The summed E-state index contributed by atoms with van der Waals surface area (Å²) in [6, 6.07) is 1.96. The lowest BCUT2D eigenvalue weighted by Gasteiger charge is -2.07. The maximum absolute atomic E-state index is 5.10. The van der Waals surface area contributed by atoms with Crippen LogP contribution in [0.5, 0.6) is 0 Å². The number of aromatic nitrogens is 1. The average molecular weight is 225 g/mol. The Balaban J connectivity index is 1.92. The Kier molecular flexibility index (Phi) is 6.11. The van der Waals surface area contributed by atoms with Crippen molar-refractivity contribution in [3.8, 4) is 0 Å². The van der Waals surface area contributed by atoms with E-state index in [4.69, 9.17) is 4.52 Å². The van der Waals surface area contributed by atoms with E-state index >= 15 is 0 Å². The van der Waals surface area contributed by atoms with Gasteiger partial charge in [-0.3, -0.25) is 0 Å². The van der Waals surface area contributed by atoms with Gasteiger partial charge in [0.15, 0.2) is 5.76 Å². The molecular formula is C12H23N3O. The van der Waals surface area contributed by atoms with Gasteiger partial charge in [-0.05, 0) is 38.9 Å². The lowest BCUT2D eigenvalue weighted by molar-refractivity contribution is 0.369. The zero-order chi connectivity index (χ0) is 11.8. The van der Waals surface area contributed by atoms with Crippen LogP contribution in [-0.4, -0.2) is 24.8 Å². The van der Waals surface area contributed by atoms with Crippen LogP contribution >= 0.6 is 0 Å². The van der Waals surface area contributed by atoms with Crippen molar-refractivity contribution in [3.05, 3.63) is 17.5 Å². The highest BCUT2D eigenvalue weighted by Crippen LogP contribution is 2.00. The van der Waals surface area contributed by atoms with Crippen molar-refractivity contribution in [1.82, 2.24) is 15.8 Å². The quantitative estimate of drug-likeness (QED) is 0.661. The van der Waals surface area contributed by atoms with Crippen LogP contribution in [-0.2, 0) is 6.54 Å². The molecule has 0 bridgehead atoms. The third kappa shape index (κ3) is 5.88. The third-order valence-corrected chi connectivity index (χ3v) is 2.24. The normalized spacial score (nSPS) is 11.2. The number of hydrogen-bond acceptors (Lipinski definition) is 4. The molecule has 0 saturated carbocycles. The van der Waals surface area contributed by atoms with Crippen molar-refractivity contribution in [2.24, 2.45) is 5.92 Å². The Morgan fingerprint density at radius 3 is 2.69 bits per heavy atom. The predicted octanol–water partition coefficient (Wildman–Crippen LogP) is 1.71. The van der Waals surface area contributed by atoms with Crippen LogP contribution in [0.4, 0.5) is 0 Å². The SMILES string of the molecule is Cc1cc(CNCCCNCC(C)C)on1. The first-order valence-corrected chi connectivity index (χ1v) is 6.02. The molecule has 0 atom stereocenters. The fourth-order valence-electron chi connectivity index (χ4n) is 1.44. The Hall–Kier alpha value is -0.870. The molecule has 1 aromatic heterocycles. The van der Waals surface area contributed by atoms with E-state index in [-0.39, 0.29) is 0 Å². The number of aryl methyl sites for hydroxylation is 1. The molecule has 0 aliphatic heterocycles. The maximum atomic E-state index is 5.10. The minimum Gasteiger partial charge on any atom is -0.360 e. The lowest BCUT2D eigenvalue weighted by Crippen LogP contribution is -2.24. The largest absolute Gasteiger partial charge is 0.360 e. The number of nitrogens with zero attached hydrogens (tertiary/aromatic N) is 1. The second kappa shape index (κ2) is 7.41. The van der Waals surface area contributed by atoms with Gasteiger partial charge in [-0.25, -0.2) is 0 Å². The fraction of sp³-hybridized carbons (Fsp3) is 0.750. The molecule has 2 N–H and O–H groups in total. The molecule has 0 unspecified atom stereocenters. The molecule has 0 aromatic carbocycles. The zero-order valence-corrected chi connectivity index (χ0v) is 10.5. The molecule has 4 heteroatoms.